The Morgan fingerprint density at radius 3 is 2.33 bits per heavy atom. The zero-order chi connectivity index (χ0) is 13.8. The van der Waals surface area contributed by atoms with Crippen LogP contribution < -0.4 is 11.1 Å². The maximum Gasteiger partial charge on any atom is 0.304 e. The van der Waals surface area contributed by atoms with Gasteiger partial charge in [0, 0.05) is 18.3 Å². The molecule has 1 rings (SSSR count). The number of hydrogen-bond acceptors (Lipinski definition) is 3. The van der Waals surface area contributed by atoms with E-state index in [9.17, 15) is 4.79 Å². The molecular weight excluding hydrogens is 228 g/mol. The van der Waals surface area contributed by atoms with Crippen LogP contribution in [-0.4, -0.2) is 23.7 Å². The van der Waals surface area contributed by atoms with E-state index in [1.807, 2.05) is 12.1 Å². The van der Waals surface area contributed by atoms with E-state index in [0.29, 0.717) is 6.54 Å². The Balaban J connectivity index is 2.52. The van der Waals surface area contributed by atoms with Crippen LogP contribution in [0.5, 0.6) is 0 Å². The minimum Gasteiger partial charge on any atom is -0.481 e. The van der Waals surface area contributed by atoms with Gasteiger partial charge in [0.2, 0.25) is 0 Å². The first-order valence-corrected chi connectivity index (χ1v) is 6.11. The third-order valence-electron chi connectivity index (χ3n) is 2.76. The minimum absolute atomic E-state index is 0.0208. The van der Waals surface area contributed by atoms with Gasteiger partial charge in [-0.3, -0.25) is 4.79 Å². The van der Waals surface area contributed by atoms with Crippen molar-refractivity contribution >= 4 is 11.7 Å². The zero-order valence-corrected chi connectivity index (χ0v) is 11.2. The van der Waals surface area contributed by atoms with E-state index >= 15 is 0 Å². The van der Waals surface area contributed by atoms with Gasteiger partial charge in [-0.05, 0) is 23.1 Å². The molecule has 0 aliphatic heterocycles. The zero-order valence-electron chi connectivity index (χ0n) is 11.2. The molecule has 0 aliphatic rings. The average Bonchev–Trinajstić information content (AvgIpc) is 2.25. The molecule has 4 nitrogen and oxygen atoms in total. The second kappa shape index (κ2) is 5.87. The fraction of sp³-hybridized carbons (Fsp3) is 0.500. The second-order valence-electron chi connectivity index (χ2n) is 5.57. The van der Waals surface area contributed by atoms with Gasteiger partial charge in [0.25, 0.3) is 0 Å². The Kier molecular flexibility index (Phi) is 4.73. The Morgan fingerprint density at radius 1 is 1.33 bits per heavy atom. The lowest BCUT2D eigenvalue weighted by Crippen LogP contribution is -2.31. The van der Waals surface area contributed by atoms with Crippen molar-refractivity contribution in [2.24, 2.45) is 5.73 Å². The lowest BCUT2D eigenvalue weighted by molar-refractivity contribution is -0.137. The third kappa shape index (κ3) is 4.75. The fourth-order valence-corrected chi connectivity index (χ4v) is 1.63. The summed E-state index contributed by atoms with van der Waals surface area (Å²) in [5.41, 5.74) is 8.04. The summed E-state index contributed by atoms with van der Waals surface area (Å²) >= 11 is 0. The first-order valence-electron chi connectivity index (χ1n) is 6.11. The largest absolute Gasteiger partial charge is 0.481 e. The van der Waals surface area contributed by atoms with E-state index in [4.69, 9.17) is 10.8 Å². The smallest absolute Gasteiger partial charge is 0.304 e. The number of anilines is 1. The van der Waals surface area contributed by atoms with E-state index in [1.54, 1.807) is 0 Å². The standard InChI is InChI=1S/C14H22N2O2/c1-14(2,3)10-4-6-12(7-5-10)16-9-11(15)8-13(17)18/h4-7,11,16H,8-9,15H2,1-3H3,(H,17,18). The molecule has 4 N–H and O–H groups in total. The second-order valence-corrected chi connectivity index (χ2v) is 5.57. The van der Waals surface area contributed by atoms with Gasteiger partial charge in [-0.25, -0.2) is 0 Å². The summed E-state index contributed by atoms with van der Waals surface area (Å²) in [4.78, 5) is 10.5. The van der Waals surface area contributed by atoms with Crippen molar-refractivity contribution in [1.29, 1.82) is 0 Å². The quantitative estimate of drug-likeness (QED) is 0.749. The van der Waals surface area contributed by atoms with Gasteiger partial charge < -0.3 is 16.2 Å². The van der Waals surface area contributed by atoms with Crippen LogP contribution >= 0.6 is 0 Å². The number of carboxylic acid groups (broad SMARTS) is 1. The topological polar surface area (TPSA) is 75.3 Å². The highest BCUT2D eigenvalue weighted by molar-refractivity contribution is 5.67. The van der Waals surface area contributed by atoms with Gasteiger partial charge in [-0.1, -0.05) is 32.9 Å². The molecular formula is C14H22N2O2. The van der Waals surface area contributed by atoms with E-state index in [2.05, 4.69) is 38.2 Å². The highest BCUT2D eigenvalue weighted by atomic mass is 16.4. The highest BCUT2D eigenvalue weighted by Gasteiger charge is 2.13. The molecule has 0 aliphatic carbocycles. The minimum atomic E-state index is -0.868. The normalized spacial score (nSPS) is 13.1. The third-order valence-corrected chi connectivity index (χ3v) is 2.76. The summed E-state index contributed by atoms with van der Waals surface area (Å²) in [6.45, 7) is 6.95. The summed E-state index contributed by atoms with van der Waals surface area (Å²) in [5.74, 6) is -0.868. The molecule has 1 aromatic rings. The van der Waals surface area contributed by atoms with Crippen molar-refractivity contribution in [1.82, 2.24) is 0 Å². The number of nitrogens with two attached hydrogens (primary N) is 1. The number of carbonyl (C=O) groups is 1. The van der Waals surface area contributed by atoms with Crippen molar-refractivity contribution in [3.05, 3.63) is 29.8 Å². The lowest BCUT2D eigenvalue weighted by atomic mass is 9.87. The van der Waals surface area contributed by atoms with Crippen LogP contribution in [0.15, 0.2) is 24.3 Å². The molecule has 1 aromatic carbocycles. The van der Waals surface area contributed by atoms with E-state index in [0.717, 1.165) is 5.69 Å². The van der Waals surface area contributed by atoms with Crippen LogP contribution in [0.2, 0.25) is 0 Å². The van der Waals surface area contributed by atoms with Crippen molar-refractivity contribution in [2.45, 2.75) is 38.6 Å². The first kappa shape index (κ1) is 14.5. The van der Waals surface area contributed by atoms with Crippen molar-refractivity contribution < 1.29 is 9.90 Å². The average molecular weight is 250 g/mol. The number of hydrogen-bond donors (Lipinski definition) is 3. The molecule has 0 heterocycles. The number of aliphatic carboxylic acids is 1. The first-order chi connectivity index (χ1) is 8.29. The molecule has 4 heteroatoms. The summed E-state index contributed by atoms with van der Waals surface area (Å²) in [6.07, 6.45) is -0.0208. The molecule has 100 valence electrons. The maximum absolute atomic E-state index is 10.5. The molecule has 0 fully saturated rings. The van der Waals surface area contributed by atoms with Crippen LogP contribution in [0.1, 0.15) is 32.8 Å². The Labute approximate surface area is 108 Å². The molecule has 1 atom stereocenters. The molecule has 0 aromatic heterocycles. The van der Waals surface area contributed by atoms with Gasteiger partial charge >= 0.3 is 5.97 Å². The highest BCUT2D eigenvalue weighted by Crippen LogP contribution is 2.23. The van der Waals surface area contributed by atoms with Gasteiger partial charge in [0.1, 0.15) is 0 Å². The van der Waals surface area contributed by atoms with Gasteiger partial charge in [0.15, 0.2) is 0 Å². The van der Waals surface area contributed by atoms with Gasteiger partial charge in [0.05, 0.1) is 6.42 Å². The number of nitrogens with one attached hydrogen (secondary N) is 1. The molecule has 0 saturated carbocycles. The lowest BCUT2D eigenvalue weighted by Gasteiger charge is -2.19. The van der Waals surface area contributed by atoms with Gasteiger partial charge in [-0.2, -0.15) is 0 Å². The Morgan fingerprint density at radius 2 is 1.89 bits per heavy atom. The van der Waals surface area contributed by atoms with Crippen LogP contribution in [-0.2, 0) is 10.2 Å². The predicted octanol–water partition coefficient (Wildman–Crippen LogP) is 2.20. The maximum atomic E-state index is 10.5. The Bertz CT molecular complexity index is 393. The van der Waals surface area contributed by atoms with Crippen LogP contribution in [0.4, 0.5) is 5.69 Å². The predicted molar refractivity (Wildman–Crippen MR) is 73.9 cm³/mol. The van der Waals surface area contributed by atoms with E-state index < -0.39 is 5.97 Å². The Hall–Kier alpha value is -1.55. The molecule has 0 amide bonds. The summed E-state index contributed by atoms with van der Waals surface area (Å²) in [6, 6.07) is 7.77. The van der Waals surface area contributed by atoms with Crippen molar-refractivity contribution in [3.63, 3.8) is 0 Å². The van der Waals surface area contributed by atoms with Crippen LogP contribution in [0.25, 0.3) is 0 Å². The molecule has 0 saturated heterocycles. The monoisotopic (exact) mass is 250 g/mol. The van der Waals surface area contributed by atoms with E-state index in [1.165, 1.54) is 5.56 Å². The van der Waals surface area contributed by atoms with Crippen LogP contribution in [0.3, 0.4) is 0 Å². The molecule has 0 bridgehead atoms. The number of benzene rings is 1. The molecule has 1 unspecified atom stereocenters. The summed E-state index contributed by atoms with van der Waals surface area (Å²) in [5, 5.41) is 11.7. The van der Waals surface area contributed by atoms with Crippen molar-refractivity contribution in [2.75, 3.05) is 11.9 Å². The number of carboxylic acids is 1. The van der Waals surface area contributed by atoms with Gasteiger partial charge in [-0.15, -0.1) is 0 Å². The fourth-order valence-electron chi connectivity index (χ4n) is 1.63. The van der Waals surface area contributed by atoms with Crippen molar-refractivity contribution in [3.8, 4) is 0 Å². The number of rotatable bonds is 5. The SMILES string of the molecule is CC(C)(C)c1ccc(NCC(N)CC(=O)O)cc1. The molecule has 0 spiro atoms. The molecule has 18 heavy (non-hydrogen) atoms. The summed E-state index contributed by atoms with van der Waals surface area (Å²) < 4.78 is 0. The summed E-state index contributed by atoms with van der Waals surface area (Å²) in [7, 11) is 0. The molecule has 0 radical (unpaired) electrons. The van der Waals surface area contributed by atoms with E-state index in [-0.39, 0.29) is 17.9 Å². The van der Waals surface area contributed by atoms with Crippen LogP contribution in [0, 0.1) is 0 Å².